The van der Waals surface area contributed by atoms with Gasteiger partial charge < -0.3 is 9.32 Å². The lowest BCUT2D eigenvalue weighted by atomic mass is 10.1. The number of halogens is 2. The topological polar surface area (TPSA) is 29.3 Å². The standard InChI is InChI=1S/C12H12ClFN2O/c13-8-3-4-11-10(6-8)15-12(17-11)16-5-1-2-9(14)7-16/h3-4,6,9H,1-2,5,7H2/t9-/m1/s1. The molecule has 0 unspecified atom stereocenters. The van der Waals surface area contributed by atoms with Crippen molar-refractivity contribution in [1.82, 2.24) is 4.98 Å². The number of rotatable bonds is 1. The average Bonchev–Trinajstić information content (AvgIpc) is 2.72. The Labute approximate surface area is 103 Å². The van der Waals surface area contributed by atoms with Crippen LogP contribution in [0.1, 0.15) is 12.8 Å². The van der Waals surface area contributed by atoms with E-state index in [1.54, 1.807) is 18.2 Å². The fourth-order valence-electron chi connectivity index (χ4n) is 2.12. The number of alkyl halides is 1. The number of piperidine rings is 1. The summed E-state index contributed by atoms with van der Waals surface area (Å²) >= 11 is 5.88. The maximum Gasteiger partial charge on any atom is 0.298 e. The Morgan fingerprint density at radius 1 is 1.47 bits per heavy atom. The molecule has 5 heteroatoms. The molecule has 0 saturated carbocycles. The van der Waals surface area contributed by atoms with Gasteiger partial charge >= 0.3 is 0 Å². The van der Waals surface area contributed by atoms with Crippen LogP contribution in [0.3, 0.4) is 0 Å². The van der Waals surface area contributed by atoms with E-state index >= 15 is 0 Å². The molecule has 2 aromatic rings. The second-order valence-electron chi connectivity index (χ2n) is 4.29. The fraction of sp³-hybridized carbons (Fsp3) is 0.417. The van der Waals surface area contributed by atoms with Crippen molar-refractivity contribution >= 4 is 28.7 Å². The third kappa shape index (κ3) is 2.09. The molecule has 90 valence electrons. The Kier molecular flexibility index (Phi) is 2.67. The highest BCUT2D eigenvalue weighted by Crippen LogP contribution is 2.26. The molecule has 1 fully saturated rings. The molecular weight excluding hydrogens is 243 g/mol. The first-order valence-corrected chi connectivity index (χ1v) is 6.05. The number of benzene rings is 1. The summed E-state index contributed by atoms with van der Waals surface area (Å²) in [6, 6.07) is 5.78. The van der Waals surface area contributed by atoms with Crippen LogP contribution in [-0.4, -0.2) is 24.2 Å². The van der Waals surface area contributed by atoms with Crippen molar-refractivity contribution in [1.29, 1.82) is 0 Å². The van der Waals surface area contributed by atoms with Gasteiger partial charge in [0.05, 0.1) is 6.54 Å². The smallest absolute Gasteiger partial charge is 0.298 e. The Bertz CT molecular complexity index is 542. The maximum absolute atomic E-state index is 13.3. The van der Waals surface area contributed by atoms with Crippen LogP contribution >= 0.6 is 11.6 Å². The van der Waals surface area contributed by atoms with E-state index in [1.165, 1.54) is 0 Å². The molecule has 17 heavy (non-hydrogen) atoms. The molecule has 2 heterocycles. The highest BCUT2D eigenvalue weighted by Gasteiger charge is 2.22. The number of oxazole rings is 1. The van der Waals surface area contributed by atoms with Gasteiger partial charge in [0, 0.05) is 11.6 Å². The third-order valence-electron chi connectivity index (χ3n) is 2.97. The van der Waals surface area contributed by atoms with Crippen LogP contribution in [0.25, 0.3) is 11.1 Å². The number of anilines is 1. The summed E-state index contributed by atoms with van der Waals surface area (Å²) in [6.07, 6.45) is 0.672. The first-order valence-electron chi connectivity index (χ1n) is 5.67. The first-order chi connectivity index (χ1) is 8.22. The van der Waals surface area contributed by atoms with E-state index in [0.717, 1.165) is 13.0 Å². The van der Waals surface area contributed by atoms with Crippen LogP contribution in [0.5, 0.6) is 0 Å². The molecule has 1 atom stereocenters. The van der Waals surface area contributed by atoms with Crippen LogP contribution in [0.15, 0.2) is 22.6 Å². The van der Waals surface area contributed by atoms with Crippen molar-refractivity contribution in [2.24, 2.45) is 0 Å². The molecule has 0 N–H and O–H groups in total. The molecule has 1 aliphatic heterocycles. The predicted octanol–water partition coefficient (Wildman–Crippen LogP) is 3.42. The van der Waals surface area contributed by atoms with Gasteiger partial charge in [-0.05, 0) is 31.0 Å². The summed E-state index contributed by atoms with van der Waals surface area (Å²) in [5.41, 5.74) is 1.40. The lowest BCUT2D eigenvalue weighted by Gasteiger charge is -2.27. The summed E-state index contributed by atoms with van der Waals surface area (Å²) in [7, 11) is 0. The Morgan fingerprint density at radius 2 is 2.35 bits per heavy atom. The molecule has 0 radical (unpaired) electrons. The van der Waals surface area contributed by atoms with Gasteiger partial charge in [0.15, 0.2) is 5.58 Å². The lowest BCUT2D eigenvalue weighted by molar-refractivity contribution is 0.281. The molecule has 1 aromatic carbocycles. The fourth-order valence-corrected chi connectivity index (χ4v) is 2.29. The molecule has 0 spiro atoms. The summed E-state index contributed by atoms with van der Waals surface area (Å²) in [6.45, 7) is 1.15. The number of fused-ring (bicyclic) bond motifs is 1. The minimum Gasteiger partial charge on any atom is -0.423 e. The van der Waals surface area contributed by atoms with Gasteiger partial charge in [-0.2, -0.15) is 4.98 Å². The lowest BCUT2D eigenvalue weighted by Crippen LogP contribution is -2.36. The zero-order valence-corrected chi connectivity index (χ0v) is 9.95. The van der Waals surface area contributed by atoms with Crippen molar-refractivity contribution in [2.75, 3.05) is 18.0 Å². The second-order valence-corrected chi connectivity index (χ2v) is 4.73. The predicted molar refractivity (Wildman–Crippen MR) is 65.4 cm³/mol. The third-order valence-corrected chi connectivity index (χ3v) is 3.21. The monoisotopic (exact) mass is 254 g/mol. The highest BCUT2D eigenvalue weighted by molar-refractivity contribution is 6.31. The van der Waals surface area contributed by atoms with Crippen molar-refractivity contribution < 1.29 is 8.81 Å². The minimum absolute atomic E-state index is 0.362. The summed E-state index contributed by atoms with van der Waals surface area (Å²) < 4.78 is 18.9. The zero-order valence-electron chi connectivity index (χ0n) is 9.20. The van der Waals surface area contributed by atoms with Crippen LogP contribution in [-0.2, 0) is 0 Å². The largest absolute Gasteiger partial charge is 0.423 e. The molecular formula is C12H12ClFN2O. The average molecular weight is 255 g/mol. The van der Waals surface area contributed by atoms with Gasteiger partial charge in [-0.15, -0.1) is 0 Å². The first kappa shape index (κ1) is 10.8. The molecule has 1 aromatic heterocycles. The molecule has 0 amide bonds. The minimum atomic E-state index is -0.789. The normalized spacial score (nSPS) is 21.1. The van der Waals surface area contributed by atoms with E-state index in [1.807, 2.05) is 4.90 Å². The van der Waals surface area contributed by atoms with Gasteiger partial charge in [-0.3, -0.25) is 0 Å². The van der Waals surface area contributed by atoms with E-state index in [2.05, 4.69) is 4.98 Å². The van der Waals surface area contributed by atoms with Crippen LogP contribution in [0.4, 0.5) is 10.4 Å². The maximum atomic E-state index is 13.3. The van der Waals surface area contributed by atoms with Gasteiger partial charge in [-0.25, -0.2) is 4.39 Å². The van der Waals surface area contributed by atoms with Gasteiger partial charge in [-0.1, -0.05) is 11.6 Å². The van der Waals surface area contributed by atoms with E-state index in [-0.39, 0.29) is 0 Å². The van der Waals surface area contributed by atoms with Crippen molar-refractivity contribution in [3.8, 4) is 0 Å². The Balaban J connectivity index is 1.94. The molecule has 0 bridgehead atoms. The van der Waals surface area contributed by atoms with Crippen molar-refractivity contribution in [2.45, 2.75) is 19.0 Å². The van der Waals surface area contributed by atoms with E-state index < -0.39 is 6.17 Å². The molecule has 3 rings (SSSR count). The van der Waals surface area contributed by atoms with E-state index in [0.29, 0.717) is 35.1 Å². The van der Waals surface area contributed by atoms with Gasteiger partial charge in [0.25, 0.3) is 6.01 Å². The van der Waals surface area contributed by atoms with Crippen molar-refractivity contribution in [3.63, 3.8) is 0 Å². The summed E-state index contributed by atoms with van der Waals surface area (Å²) in [5, 5.41) is 0.624. The number of hydrogen-bond acceptors (Lipinski definition) is 3. The number of nitrogens with zero attached hydrogens (tertiary/aromatic N) is 2. The second kappa shape index (κ2) is 4.18. The van der Waals surface area contributed by atoms with Crippen LogP contribution < -0.4 is 4.90 Å². The zero-order chi connectivity index (χ0) is 11.8. The van der Waals surface area contributed by atoms with Crippen LogP contribution in [0, 0.1) is 0 Å². The summed E-state index contributed by atoms with van der Waals surface area (Å²) in [4.78, 5) is 6.19. The van der Waals surface area contributed by atoms with Crippen molar-refractivity contribution in [3.05, 3.63) is 23.2 Å². The van der Waals surface area contributed by atoms with E-state index in [4.69, 9.17) is 16.0 Å². The Hall–Kier alpha value is -1.29. The molecule has 0 aliphatic carbocycles. The van der Waals surface area contributed by atoms with Gasteiger partial charge in [0.1, 0.15) is 11.7 Å². The Morgan fingerprint density at radius 3 is 3.18 bits per heavy atom. The molecule has 1 aliphatic rings. The van der Waals surface area contributed by atoms with E-state index in [9.17, 15) is 4.39 Å². The quantitative estimate of drug-likeness (QED) is 0.781. The van der Waals surface area contributed by atoms with Crippen LogP contribution in [0.2, 0.25) is 5.02 Å². The SMILES string of the molecule is F[C@@H]1CCCN(c2nc3cc(Cl)ccc3o2)C1. The molecule has 1 saturated heterocycles. The highest BCUT2D eigenvalue weighted by atomic mass is 35.5. The number of hydrogen-bond donors (Lipinski definition) is 0. The molecule has 3 nitrogen and oxygen atoms in total. The number of aromatic nitrogens is 1. The van der Waals surface area contributed by atoms with Gasteiger partial charge in [0.2, 0.25) is 0 Å². The summed E-state index contributed by atoms with van der Waals surface area (Å²) in [5.74, 6) is 0.